The van der Waals surface area contributed by atoms with Crippen molar-refractivity contribution < 1.29 is 14.0 Å². The summed E-state index contributed by atoms with van der Waals surface area (Å²) in [7, 11) is 0. The molecule has 18 heavy (non-hydrogen) atoms. The SMILES string of the molecule is Cc1cc(CCC2=CC(=O)C(=O)N=N2)ccc1F. The lowest BCUT2D eigenvalue weighted by atomic mass is 10.0. The third kappa shape index (κ3) is 2.74. The van der Waals surface area contributed by atoms with Crippen LogP contribution in [-0.2, 0) is 16.0 Å². The van der Waals surface area contributed by atoms with Gasteiger partial charge in [0.05, 0.1) is 5.70 Å². The van der Waals surface area contributed by atoms with Crippen molar-refractivity contribution >= 4 is 11.7 Å². The molecule has 1 aliphatic rings. The molecule has 2 rings (SSSR count). The van der Waals surface area contributed by atoms with E-state index in [-0.39, 0.29) is 5.82 Å². The predicted molar refractivity (Wildman–Crippen MR) is 62.4 cm³/mol. The van der Waals surface area contributed by atoms with Gasteiger partial charge >= 0.3 is 5.91 Å². The Labute approximate surface area is 103 Å². The van der Waals surface area contributed by atoms with Crippen LogP contribution in [0.5, 0.6) is 0 Å². The van der Waals surface area contributed by atoms with Gasteiger partial charge in [-0.25, -0.2) is 4.39 Å². The molecule has 0 unspecified atom stereocenters. The van der Waals surface area contributed by atoms with Crippen molar-refractivity contribution in [1.29, 1.82) is 0 Å². The maximum atomic E-state index is 13.1. The van der Waals surface area contributed by atoms with Gasteiger partial charge in [0.1, 0.15) is 5.82 Å². The number of ketones is 1. The summed E-state index contributed by atoms with van der Waals surface area (Å²) in [5.41, 5.74) is 2.01. The summed E-state index contributed by atoms with van der Waals surface area (Å²) in [5.74, 6) is -1.72. The minimum Gasteiger partial charge on any atom is -0.284 e. The Hall–Kier alpha value is -2.17. The molecule has 92 valence electrons. The first kappa shape index (κ1) is 12.3. The zero-order valence-corrected chi connectivity index (χ0v) is 9.81. The molecule has 0 N–H and O–H groups in total. The third-order valence-corrected chi connectivity index (χ3v) is 2.67. The largest absolute Gasteiger partial charge is 0.335 e. The molecule has 0 atom stereocenters. The molecule has 5 heteroatoms. The highest BCUT2D eigenvalue weighted by atomic mass is 19.1. The van der Waals surface area contributed by atoms with E-state index >= 15 is 0 Å². The van der Waals surface area contributed by atoms with Gasteiger partial charge in [0.25, 0.3) is 0 Å². The molecule has 1 aromatic rings. The molecule has 0 fully saturated rings. The van der Waals surface area contributed by atoms with Crippen molar-refractivity contribution in [2.24, 2.45) is 10.2 Å². The number of halogens is 1. The summed E-state index contributed by atoms with van der Waals surface area (Å²) in [6.45, 7) is 1.70. The minimum atomic E-state index is -0.837. The fourth-order valence-corrected chi connectivity index (χ4v) is 1.66. The van der Waals surface area contributed by atoms with Crippen LogP contribution in [0.25, 0.3) is 0 Å². The van der Waals surface area contributed by atoms with Crippen molar-refractivity contribution in [3.05, 3.63) is 46.9 Å². The van der Waals surface area contributed by atoms with Gasteiger partial charge in [0.15, 0.2) is 0 Å². The number of benzene rings is 1. The molecular formula is C13H11FN2O2. The van der Waals surface area contributed by atoms with E-state index in [1.165, 1.54) is 12.1 Å². The lowest BCUT2D eigenvalue weighted by Gasteiger charge is -2.05. The second-order valence-electron chi connectivity index (χ2n) is 4.09. The highest BCUT2D eigenvalue weighted by molar-refractivity contribution is 6.41. The maximum absolute atomic E-state index is 13.1. The van der Waals surface area contributed by atoms with Crippen molar-refractivity contribution in [2.75, 3.05) is 0 Å². The van der Waals surface area contributed by atoms with Gasteiger partial charge in [0, 0.05) is 6.08 Å². The molecular weight excluding hydrogens is 235 g/mol. The fraction of sp³-hybridized carbons (Fsp3) is 0.231. The van der Waals surface area contributed by atoms with E-state index in [0.717, 1.165) is 5.56 Å². The Morgan fingerprint density at radius 1 is 1.17 bits per heavy atom. The molecule has 1 amide bonds. The summed E-state index contributed by atoms with van der Waals surface area (Å²) in [6, 6.07) is 4.86. The summed E-state index contributed by atoms with van der Waals surface area (Å²) >= 11 is 0. The third-order valence-electron chi connectivity index (χ3n) is 2.67. The molecule has 0 saturated heterocycles. The number of azo groups is 1. The topological polar surface area (TPSA) is 58.9 Å². The van der Waals surface area contributed by atoms with Crippen molar-refractivity contribution in [2.45, 2.75) is 19.8 Å². The van der Waals surface area contributed by atoms with Gasteiger partial charge in [-0.3, -0.25) is 9.59 Å². The number of carbonyl (C=O) groups is 2. The van der Waals surface area contributed by atoms with Crippen LogP contribution in [0.3, 0.4) is 0 Å². The molecule has 0 radical (unpaired) electrons. The lowest BCUT2D eigenvalue weighted by Crippen LogP contribution is -2.11. The number of allylic oxidation sites excluding steroid dienone is 1. The number of hydrogen-bond acceptors (Lipinski definition) is 3. The number of amides is 1. The second kappa shape index (κ2) is 5.00. The van der Waals surface area contributed by atoms with Gasteiger partial charge in [-0.1, -0.05) is 12.1 Å². The monoisotopic (exact) mass is 246 g/mol. The molecule has 0 spiro atoms. The zero-order valence-electron chi connectivity index (χ0n) is 9.81. The standard InChI is InChI=1S/C13H11FN2O2/c1-8-6-9(3-5-11(8)14)2-4-10-7-12(17)13(18)16-15-10/h3,5-7H,2,4H2,1H3. The highest BCUT2D eigenvalue weighted by Gasteiger charge is 2.16. The summed E-state index contributed by atoms with van der Waals surface area (Å²) in [5, 5.41) is 6.90. The first-order valence-electron chi connectivity index (χ1n) is 5.52. The first-order valence-corrected chi connectivity index (χ1v) is 5.52. The molecule has 1 aromatic carbocycles. The molecule has 0 saturated carbocycles. The normalized spacial score (nSPS) is 14.9. The van der Waals surface area contributed by atoms with Crippen molar-refractivity contribution in [1.82, 2.24) is 0 Å². The van der Waals surface area contributed by atoms with E-state index in [4.69, 9.17) is 0 Å². The molecule has 4 nitrogen and oxygen atoms in total. The van der Waals surface area contributed by atoms with Crippen molar-refractivity contribution in [3.8, 4) is 0 Å². The van der Waals surface area contributed by atoms with Crippen molar-refractivity contribution in [3.63, 3.8) is 0 Å². The second-order valence-corrected chi connectivity index (χ2v) is 4.09. The fourth-order valence-electron chi connectivity index (χ4n) is 1.66. The van der Waals surface area contributed by atoms with Gasteiger partial charge in [-0.05, 0) is 37.0 Å². The molecule has 1 heterocycles. The Bertz CT molecular complexity index is 576. The van der Waals surface area contributed by atoms with E-state index < -0.39 is 11.7 Å². The zero-order chi connectivity index (χ0) is 13.1. The number of hydrogen-bond donors (Lipinski definition) is 0. The Balaban J connectivity index is 2.02. The quantitative estimate of drug-likeness (QED) is 0.769. The van der Waals surface area contributed by atoms with E-state index in [2.05, 4.69) is 10.2 Å². The van der Waals surface area contributed by atoms with Crippen LogP contribution in [0.4, 0.5) is 4.39 Å². The smallest absolute Gasteiger partial charge is 0.284 e. The van der Waals surface area contributed by atoms with Crippen LogP contribution in [0.2, 0.25) is 0 Å². The summed E-state index contributed by atoms with van der Waals surface area (Å²) in [4.78, 5) is 21.9. The Kier molecular flexibility index (Phi) is 3.41. The number of aryl methyl sites for hydroxylation is 2. The highest BCUT2D eigenvalue weighted by Crippen LogP contribution is 2.16. The Morgan fingerprint density at radius 2 is 1.94 bits per heavy atom. The van der Waals surface area contributed by atoms with Gasteiger partial charge in [-0.2, -0.15) is 5.11 Å². The van der Waals surface area contributed by atoms with Crippen LogP contribution in [-0.4, -0.2) is 11.7 Å². The molecule has 0 bridgehead atoms. The van der Waals surface area contributed by atoms with Crippen LogP contribution in [0.1, 0.15) is 17.5 Å². The van der Waals surface area contributed by atoms with E-state index in [0.29, 0.717) is 24.1 Å². The summed E-state index contributed by atoms with van der Waals surface area (Å²) in [6.07, 6.45) is 2.31. The average Bonchev–Trinajstić information content (AvgIpc) is 2.35. The van der Waals surface area contributed by atoms with Crippen LogP contribution in [0.15, 0.2) is 40.2 Å². The minimum absolute atomic E-state index is 0.240. The lowest BCUT2D eigenvalue weighted by molar-refractivity contribution is -0.133. The summed E-state index contributed by atoms with van der Waals surface area (Å²) < 4.78 is 13.1. The number of carbonyl (C=O) groups excluding carboxylic acids is 2. The van der Waals surface area contributed by atoms with E-state index in [1.54, 1.807) is 19.1 Å². The van der Waals surface area contributed by atoms with Gasteiger partial charge in [0.2, 0.25) is 5.78 Å². The van der Waals surface area contributed by atoms with Crippen LogP contribution >= 0.6 is 0 Å². The van der Waals surface area contributed by atoms with Gasteiger partial charge in [-0.15, -0.1) is 5.11 Å². The van der Waals surface area contributed by atoms with E-state index in [9.17, 15) is 14.0 Å². The van der Waals surface area contributed by atoms with E-state index in [1.807, 2.05) is 0 Å². The molecule has 0 aromatic heterocycles. The first-order chi connectivity index (χ1) is 8.56. The Morgan fingerprint density at radius 3 is 2.61 bits per heavy atom. The van der Waals surface area contributed by atoms with Crippen LogP contribution < -0.4 is 0 Å². The van der Waals surface area contributed by atoms with Gasteiger partial charge < -0.3 is 0 Å². The van der Waals surface area contributed by atoms with Crippen LogP contribution in [0, 0.1) is 12.7 Å². The maximum Gasteiger partial charge on any atom is 0.335 e. The number of nitrogens with zero attached hydrogens (tertiary/aromatic N) is 2. The average molecular weight is 246 g/mol. The molecule has 1 aliphatic heterocycles. The number of rotatable bonds is 3. The predicted octanol–water partition coefficient (Wildman–Crippen LogP) is 2.51. The molecule has 0 aliphatic carbocycles.